The summed E-state index contributed by atoms with van der Waals surface area (Å²) >= 11 is 0. The third-order valence-electron chi connectivity index (χ3n) is 5.28. The van der Waals surface area contributed by atoms with E-state index in [0.29, 0.717) is 23.9 Å². The monoisotopic (exact) mass is 342 g/mol. The average molecular weight is 342 g/mol. The molecule has 0 spiro atoms. The first-order chi connectivity index (χ1) is 11.9. The van der Waals surface area contributed by atoms with E-state index in [1.807, 2.05) is 30.0 Å². The molecule has 2 heterocycles. The van der Waals surface area contributed by atoms with Gasteiger partial charge in [-0.15, -0.1) is 0 Å². The van der Waals surface area contributed by atoms with Crippen LogP contribution in [0, 0.1) is 12.8 Å². The number of aryl methyl sites for hydroxylation is 1. The number of carbonyl (C=O) groups is 1. The van der Waals surface area contributed by atoms with Crippen LogP contribution < -0.4 is 5.56 Å². The molecular formula is C19H26N4O2. The van der Waals surface area contributed by atoms with Crippen LogP contribution in [-0.4, -0.2) is 58.7 Å². The van der Waals surface area contributed by atoms with Crippen LogP contribution in [0.1, 0.15) is 19.0 Å². The van der Waals surface area contributed by atoms with Gasteiger partial charge in [0, 0.05) is 24.5 Å². The zero-order valence-corrected chi connectivity index (χ0v) is 15.4. The fraction of sp³-hybridized carbons (Fsp3) is 0.526. The topological polar surface area (TPSA) is 58.4 Å². The van der Waals surface area contributed by atoms with Crippen molar-refractivity contribution in [3.8, 4) is 0 Å². The Morgan fingerprint density at radius 3 is 2.52 bits per heavy atom. The molecule has 1 fully saturated rings. The van der Waals surface area contributed by atoms with Crippen molar-refractivity contribution in [2.45, 2.75) is 32.9 Å². The lowest BCUT2D eigenvalue weighted by Crippen LogP contribution is -2.38. The fourth-order valence-electron chi connectivity index (χ4n) is 3.78. The van der Waals surface area contributed by atoms with E-state index >= 15 is 0 Å². The molecule has 0 unspecified atom stereocenters. The van der Waals surface area contributed by atoms with Gasteiger partial charge in [-0.05, 0) is 33.0 Å². The van der Waals surface area contributed by atoms with E-state index in [9.17, 15) is 9.59 Å². The van der Waals surface area contributed by atoms with Gasteiger partial charge in [0.05, 0.1) is 11.1 Å². The lowest BCUT2D eigenvalue weighted by atomic mass is 10.0. The normalized spacial score (nSPS) is 20.6. The molecule has 1 aromatic carbocycles. The second kappa shape index (κ2) is 6.96. The van der Waals surface area contributed by atoms with Crippen LogP contribution in [0.15, 0.2) is 29.1 Å². The van der Waals surface area contributed by atoms with Crippen molar-refractivity contribution in [2.24, 2.45) is 5.92 Å². The van der Waals surface area contributed by atoms with E-state index in [1.54, 1.807) is 6.07 Å². The summed E-state index contributed by atoms with van der Waals surface area (Å²) in [4.78, 5) is 29.5. The number of likely N-dealkylation sites (N-methyl/N-ethyl adjacent to an activating group) is 1. The molecule has 1 saturated heterocycles. The van der Waals surface area contributed by atoms with Crippen molar-refractivity contribution in [3.05, 3.63) is 40.3 Å². The molecule has 0 aliphatic carbocycles. The molecule has 2 atom stereocenters. The number of aromatic nitrogens is 2. The second-order valence-electron chi connectivity index (χ2n) is 7.09. The molecule has 6 nitrogen and oxygen atoms in total. The SMILES string of the molecule is CC[C@@H]1CN(C(=O)Cn2nc(C)c3ccccc3c2=O)C[C@H]1N(C)C. The molecule has 2 aromatic rings. The Morgan fingerprint density at radius 2 is 1.92 bits per heavy atom. The Bertz CT molecular complexity index is 843. The van der Waals surface area contributed by atoms with Crippen LogP contribution in [0.25, 0.3) is 10.8 Å². The van der Waals surface area contributed by atoms with Crippen LogP contribution in [-0.2, 0) is 11.3 Å². The predicted octanol–water partition coefficient (Wildman–Crippen LogP) is 1.50. The van der Waals surface area contributed by atoms with E-state index in [1.165, 1.54) is 4.68 Å². The van der Waals surface area contributed by atoms with Crippen molar-refractivity contribution >= 4 is 16.7 Å². The molecule has 0 N–H and O–H groups in total. The van der Waals surface area contributed by atoms with Gasteiger partial charge in [0.15, 0.2) is 0 Å². The largest absolute Gasteiger partial charge is 0.339 e. The van der Waals surface area contributed by atoms with E-state index in [-0.39, 0.29) is 18.0 Å². The number of fused-ring (bicyclic) bond motifs is 1. The number of hydrogen-bond donors (Lipinski definition) is 0. The Hall–Kier alpha value is -2.21. The smallest absolute Gasteiger partial charge is 0.275 e. The molecule has 6 heteroatoms. The second-order valence-corrected chi connectivity index (χ2v) is 7.09. The van der Waals surface area contributed by atoms with Gasteiger partial charge in [-0.2, -0.15) is 5.10 Å². The Labute approximate surface area is 148 Å². The maximum absolute atomic E-state index is 12.8. The van der Waals surface area contributed by atoms with Crippen LogP contribution in [0.4, 0.5) is 0 Å². The van der Waals surface area contributed by atoms with E-state index in [4.69, 9.17) is 0 Å². The molecule has 0 radical (unpaired) electrons. The molecule has 134 valence electrons. The fourth-order valence-corrected chi connectivity index (χ4v) is 3.78. The van der Waals surface area contributed by atoms with Crippen LogP contribution in [0.5, 0.6) is 0 Å². The minimum Gasteiger partial charge on any atom is -0.339 e. The van der Waals surface area contributed by atoms with Gasteiger partial charge >= 0.3 is 0 Å². The summed E-state index contributed by atoms with van der Waals surface area (Å²) in [5, 5.41) is 5.81. The Balaban J connectivity index is 1.83. The average Bonchev–Trinajstić information content (AvgIpc) is 3.04. The number of nitrogens with zero attached hydrogens (tertiary/aromatic N) is 4. The van der Waals surface area contributed by atoms with Crippen molar-refractivity contribution in [3.63, 3.8) is 0 Å². The highest BCUT2D eigenvalue weighted by atomic mass is 16.2. The maximum atomic E-state index is 12.8. The Morgan fingerprint density at radius 1 is 1.24 bits per heavy atom. The number of likely N-dealkylation sites (tertiary alicyclic amines) is 1. The highest BCUT2D eigenvalue weighted by Gasteiger charge is 2.35. The zero-order valence-electron chi connectivity index (χ0n) is 15.4. The minimum absolute atomic E-state index is 0.00108. The summed E-state index contributed by atoms with van der Waals surface area (Å²) in [6.45, 7) is 5.49. The van der Waals surface area contributed by atoms with Crippen molar-refractivity contribution in [2.75, 3.05) is 27.2 Å². The van der Waals surface area contributed by atoms with Crippen molar-refractivity contribution < 1.29 is 4.79 Å². The highest BCUT2D eigenvalue weighted by molar-refractivity contribution is 5.83. The highest BCUT2D eigenvalue weighted by Crippen LogP contribution is 2.23. The summed E-state index contributed by atoms with van der Waals surface area (Å²) in [7, 11) is 4.11. The van der Waals surface area contributed by atoms with Gasteiger partial charge in [-0.3, -0.25) is 9.59 Å². The third-order valence-corrected chi connectivity index (χ3v) is 5.28. The first-order valence-electron chi connectivity index (χ1n) is 8.83. The van der Waals surface area contributed by atoms with Gasteiger partial charge in [-0.1, -0.05) is 31.5 Å². The van der Waals surface area contributed by atoms with Crippen LogP contribution >= 0.6 is 0 Å². The van der Waals surface area contributed by atoms with Crippen molar-refractivity contribution in [1.82, 2.24) is 19.6 Å². The standard InChI is InChI=1S/C19H26N4O2/c1-5-14-10-22(11-17(14)21(3)4)18(24)12-23-19(25)16-9-7-6-8-15(16)13(2)20-23/h6-9,14,17H,5,10-12H2,1-4H3/t14-,17-/m1/s1. The van der Waals surface area contributed by atoms with E-state index in [2.05, 4.69) is 31.0 Å². The first-order valence-corrected chi connectivity index (χ1v) is 8.83. The number of rotatable bonds is 4. The summed E-state index contributed by atoms with van der Waals surface area (Å²) < 4.78 is 1.31. The van der Waals surface area contributed by atoms with Gasteiger partial charge in [0.1, 0.15) is 6.54 Å². The number of benzene rings is 1. The molecule has 3 rings (SSSR count). The third kappa shape index (κ3) is 3.31. The molecule has 1 aliphatic heterocycles. The van der Waals surface area contributed by atoms with Gasteiger partial charge < -0.3 is 9.80 Å². The van der Waals surface area contributed by atoms with Crippen LogP contribution in [0.2, 0.25) is 0 Å². The molecule has 0 saturated carbocycles. The first kappa shape index (κ1) is 17.6. The lowest BCUT2D eigenvalue weighted by molar-refractivity contribution is -0.131. The molecule has 0 bridgehead atoms. The van der Waals surface area contributed by atoms with Crippen LogP contribution in [0.3, 0.4) is 0 Å². The molecule has 1 aliphatic rings. The molecule has 25 heavy (non-hydrogen) atoms. The number of hydrogen-bond acceptors (Lipinski definition) is 4. The van der Waals surface area contributed by atoms with Gasteiger partial charge in [-0.25, -0.2) is 4.68 Å². The van der Waals surface area contributed by atoms with E-state index < -0.39 is 0 Å². The summed E-state index contributed by atoms with van der Waals surface area (Å²) in [5.74, 6) is 0.439. The molecule has 1 amide bonds. The number of carbonyl (C=O) groups excluding carboxylic acids is 1. The lowest BCUT2D eigenvalue weighted by Gasteiger charge is -2.23. The predicted molar refractivity (Wildman–Crippen MR) is 98.6 cm³/mol. The van der Waals surface area contributed by atoms with Crippen molar-refractivity contribution in [1.29, 1.82) is 0 Å². The Kier molecular flexibility index (Phi) is 4.90. The minimum atomic E-state index is -0.204. The van der Waals surface area contributed by atoms with Gasteiger partial charge in [0.25, 0.3) is 5.56 Å². The molecule has 1 aromatic heterocycles. The summed E-state index contributed by atoms with van der Waals surface area (Å²) in [5.41, 5.74) is 0.562. The summed E-state index contributed by atoms with van der Waals surface area (Å²) in [6.07, 6.45) is 1.04. The quantitative estimate of drug-likeness (QED) is 0.845. The number of amides is 1. The molecular weight excluding hydrogens is 316 g/mol. The maximum Gasteiger partial charge on any atom is 0.275 e. The van der Waals surface area contributed by atoms with Gasteiger partial charge in [0.2, 0.25) is 5.91 Å². The summed E-state index contributed by atoms with van der Waals surface area (Å²) in [6, 6.07) is 7.78. The zero-order chi connectivity index (χ0) is 18.1. The van der Waals surface area contributed by atoms with E-state index in [0.717, 1.165) is 24.0 Å².